The topological polar surface area (TPSA) is 133 Å². The largest absolute Gasteiger partial charge is 0.356 e. The summed E-state index contributed by atoms with van der Waals surface area (Å²) in [5.74, 6) is -1.88. The summed E-state index contributed by atoms with van der Waals surface area (Å²) in [6.07, 6.45) is 5.88. The highest BCUT2D eigenvalue weighted by Gasteiger charge is 2.30. The monoisotopic (exact) mass is 560 g/mol. The van der Waals surface area contributed by atoms with Crippen molar-refractivity contribution in [3.8, 4) is 0 Å². The Hall–Kier alpha value is -4.27. The zero-order valence-electron chi connectivity index (χ0n) is 23.7. The first kappa shape index (κ1) is 31.3. The van der Waals surface area contributed by atoms with Gasteiger partial charge in [-0.2, -0.15) is 0 Å². The minimum absolute atomic E-state index is 0.0563. The van der Waals surface area contributed by atoms with Crippen molar-refractivity contribution in [2.75, 3.05) is 6.54 Å². The predicted molar refractivity (Wildman–Crippen MR) is 157 cm³/mol. The van der Waals surface area contributed by atoms with Crippen LogP contribution in [0, 0.1) is 11.8 Å². The lowest BCUT2D eigenvalue weighted by atomic mass is 9.91. The molecule has 0 bridgehead atoms. The zero-order valence-corrected chi connectivity index (χ0v) is 23.7. The van der Waals surface area contributed by atoms with Crippen molar-refractivity contribution in [2.45, 2.75) is 64.1 Å². The molecule has 9 nitrogen and oxygen atoms in total. The van der Waals surface area contributed by atoms with Crippen LogP contribution in [0.4, 0.5) is 0 Å². The Morgan fingerprint density at radius 3 is 2.22 bits per heavy atom. The lowest BCUT2D eigenvalue weighted by molar-refractivity contribution is -0.133. The van der Waals surface area contributed by atoms with Gasteiger partial charge in [0.25, 0.3) is 0 Å². The third kappa shape index (κ3) is 10.7. The molecule has 4 amide bonds. The number of rotatable bonds is 14. The highest BCUT2D eigenvalue weighted by molar-refractivity contribution is 5.97. The van der Waals surface area contributed by atoms with Gasteiger partial charge in [-0.1, -0.05) is 74.5 Å². The molecule has 0 spiro atoms. The third-order valence-corrected chi connectivity index (χ3v) is 6.91. The van der Waals surface area contributed by atoms with Crippen LogP contribution >= 0.6 is 0 Å². The van der Waals surface area contributed by atoms with Crippen LogP contribution in [-0.2, 0) is 30.4 Å². The van der Waals surface area contributed by atoms with E-state index in [0.29, 0.717) is 25.7 Å². The van der Waals surface area contributed by atoms with E-state index in [-0.39, 0.29) is 30.6 Å². The Kier molecular flexibility index (Phi) is 12.3. The van der Waals surface area contributed by atoms with Gasteiger partial charge in [0.2, 0.25) is 23.6 Å². The number of benzene rings is 2. The molecule has 0 aromatic heterocycles. The minimum atomic E-state index is -0.944. The van der Waals surface area contributed by atoms with Crippen molar-refractivity contribution in [3.05, 3.63) is 77.9 Å². The van der Waals surface area contributed by atoms with Crippen molar-refractivity contribution in [2.24, 2.45) is 11.8 Å². The van der Waals surface area contributed by atoms with Crippen LogP contribution in [-0.4, -0.2) is 54.6 Å². The van der Waals surface area contributed by atoms with Crippen LogP contribution in [0.25, 0.3) is 6.08 Å². The minimum Gasteiger partial charge on any atom is -0.356 e. The highest BCUT2D eigenvalue weighted by Crippen LogP contribution is 2.17. The van der Waals surface area contributed by atoms with Gasteiger partial charge in [0, 0.05) is 25.0 Å². The van der Waals surface area contributed by atoms with E-state index in [4.69, 9.17) is 0 Å². The van der Waals surface area contributed by atoms with Crippen molar-refractivity contribution in [1.82, 2.24) is 21.3 Å². The summed E-state index contributed by atoms with van der Waals surface area (Å²) in [6.45, 7) is 4.46. The van der Waals surface area contributed by atoms with Crippen LogP contribution < -0.4 is 21.3 Å². The second-order valence-electron chi connectivity index (χ2n) is 10.8. The molecular formula is C32H40N4O5. The van der Waals surface area contributed by atoms with E-state index in [9.17, 15) is 24.0 Å². The zero-order chi connectivity index (χ0) is 29.6. The molecule has 9 heteroatoms. The Labute approximate surface area is 241 Å². The van der Waals surface area contributed by atoms with Gasteiger partial charge in [0.15, 0.2) is 0 Å². The van der Waals surface area contributed by atoms with E-state index in [2.05, 4.69) is 21.3 Å². The Morgan fingerprint density at radius 2 is 1.59 bits per heavy atom. The summed E-state index contributed by atoms with van der Waals surface area (Å²) < 4.78 is 0. The molecular weight excluding hydrogens is 520 g/mol. The lowest BCUT2D eigenvalue weighted by Crippen LogP contribution is -2.56. The highest BCUT2D eigenvalue weighted by atomic mass is 16.2. The average molecular weight is 561 g/mol. The number of piperidine rings is 1. The SMILES string of the molecule is CC(C)C[C@H](NC(=O)[C@H](Cc1ccccc1)NC(=O)C=Cc1ccccc1)C(=O)N[C@H](C=O)C[C@@H]1CCCNC1=O. The molecule has 0 saturated carbocycles. The predicted octanol–water partition coefficient (Wildman–Crippen LogP) is 2.56. The summed E-state index contributed by atoms with van der Waals surface area (Å²) in [4.78, 5) is 63.5. The number of carbonyl (C=O) groups excluding carboxylic acids is 5. The molecule has 1 heterocycles. The molecule has 2 aromatic carbocycles. The second-order valence-corrected chi connectivity index (χ2v) is 10.8. The number of hydrogen-bond donors (Lipinski definition) is 4. The average Bonchev–Trinajstić information content (AvgIpc) is 2.97. The summed E-state index contributed by atoms with van der Waals surface area (Å²) in [6, 6.07) is 15.9. The molecule has 41 heavy (non-hydrogen) atoms. The van der Waals surface area contributed by atoms with E-state index in [0.717, 1.165) is 17.5 Å². The molecule has 4 atom stereocenters. The van der Waals surface area contributed by atoms with Crippen LogP contribution in [0.15, 0.2) is 66.7 Å². The van der Waals surface area contributed by atoms with E-state index in [1.54, 1.807) is 6.08 Å². The first-order chi connectivity index (χ1) is 19.7. The lowest BCUT2D eigenvalue weighted by Gasteiger charge is -2.27. The Morgan fingerprint density at radius 1 is 0.927 bits per heavy atom. The first-order valence-corrected chi connectivity index (χ1v) is 14.2. The summed E-state index contributed by atoms with van der Waals surface area (Å²) in [7, 11) is 0. The maximum Gasteiger partial charge on any atom is 0.244 e. The second kappa shape index (κ2) is 16.1. The first-order valence-electron chi connectivity index (χ1n) is 14.2. The Balaban J connectivity index is 1.71. The molecule has 1 aliphatic heterocycles. The van der Waals surface area contributed by atoms with Gasteiger partial charge in [-0.05, 0) is 48.8 Å². The number of aldehydes is 1. The molecule has 1 fully saturated rings. The molecule has 0 radical (unpaired) electrons. The van der Waals surface area contributed by atoms with Crippen molar-refractivity contribution < 1.29 is 24.0 Å². The normalized spacial score (nSPS) is 17.2. The van der Waals surface area contributed by atoms with E-state index < -0.39 is 35.8 Å². The van der Waals surface area contributed by atoms with Gasteiger partial charge in [-0.3, -0.25) is 19.2 Å². The van der Waals surface area contributed by atoms with E-state index in [1.807, 2.05) is 74.5 Å². The fourth-order valence-corrected chi connectivity index (χ4v) is 4.79. The van der Waals surface area contributed by atoms with Gasteiger partial charge in [0.1, 0.15) is 18.4 Å². The smallest absolute Gasteiger partial charge is 0.244 e. The van der Waals surface area contributed by atoms with Gasteiger partial charge in [-0.15, -0.1) is 0 Å². The van der Waals surface area contributed by atoms with E-state index in [1.165, 1.54) is 6.08 Å². The fourth-order valence-electron chi connectivity index (χ4n) is 4.79. The molecule has 0 aliphatic carbocycles. The molecule has 4 N–H and O–H groups in total. The van der Waals surface area contributed by atoms with Crippen molar-refractivity contribution in [3.63, 3.8) is 0 Å². The maximum atomic E-state index is 13.5. The van der Waals surface area contributed by atoms with Gasteiger partial charge >= 0.3 is 0 Å². The molecule has 218 valence electrons. The molecule has 3 rings (SSSR count). The van der Waals surface area contributed by atoms with Crippen LogP contribution in [0.5, 0.6) is 0 Å². The standard InChI is InChI=1S/C32H40N4O5/c1-22(2)18-27(31(40)34-26(21-37)20-25-14-9-17-33-30(25)39)36-32(41)28(19-24-12-7-4-8-13-24)35-29(38)16-15-23-10-5-3-6-11-23/h3-8,10-13,15-16,21-22,25-28H,9,14,17-20H2,1-2H3,(H,33,39)(H,34,40)(H,35,38)(H,36,41)/t25-,26-,27-,28-/m0/s1. The number of nitrogens with one attached hydrogen (secondary N) is 4. The van der Waals surface area contributed by atoms with Crippen LogP contribution in [0.1, 0.15) is 50.7 Å². The molecule has 1 saturated heterocycles. The number of amides is 4. The van der Waals surface area contributed by atoms with Crippen molar-refractivity contribution in [1.29, 1.82) is 0 Å². The maximum absolute atomic E-state index is 13.5. The van der Waals surface area contributed by atoms with Crippen molar-refractivity contribution >= 4 is 36.0 Å². The fraction of sp³-hybridized carbons (Fsp3) is 0.406. The van der Waals surface area contributed by atoms with Gasteiger partial charge in [-0.25, -0.2) is 0 Å². The summed E-state index contributed by atoms with van der Waals surface area (Å²) >= 11 is 0. The summed E-state index contributed by atoms with van der Waals surface area (Å²) in [5.41, 5.74) is 1.69. The quantitative estimate of drug-likeness (QED) is 0.208. The van der Waals surface area contributed by atoms with Crippen LogP contribution in [0.3, 0.4) is 0 Å². The van der Waals surface area contributed by atoms with E-state index >= 15 is 0 Å². The number of hydrogen-bond acceptors (Lipinski definition) is 5. The Bertz CT molecular complexity index is 1200. The molecule has 0 unspecified atom stereocenters. The third-order valence-electron chi connectivity index (χ3n) is 6.91. The molecule has 1 aliphatic rings. The van der Waals surface area contributed by atoms with Gasteiger partial charge < -0.3 is 26.1 Å². The van der Waals surface area contributed by atoms with Gasteiger partial charge in [0.05, 0.1) is 6.04 Å². The molecule has 2 aromatic rings. The number of carbonyl (C=O) groups is 5. The summed E-state index contributed by atoms with van der Waals surface area (Å²) in [5, 5.41) is 11.1. The van der Waals surface area contributed by atoms with Crippen LogP contribution in [0.2, 0.25) is 0 Å².